The second-order valence-electron chi connectivity index (χ2n) is 8.83. The lowest BCUT2D eigenvalue weighted by molar-refractivity contribution is -0.127. The number of imide groups is 1. The molecule has 0 atom stereocenters. The fourth-order valence-corrected chi connectivity index (χ4v) is 5.52. The van der Waals surface area contributed by atoms with Crippen LogP contribution < -0.4 is 14.8 Å². The Balaban J connectivity index is 1.28. The van der Waals surface area contributed by atoms with E-state index in [0.717, 1.165) is 33.0 Å². The van der Waals surface area contributed by atoms with Crippen molar-refractivity contribution >= 4 is 67.3 Å². The van der Waals surface area contributed by atoms with Crippen LogP contribution in [0.1, 0.15) is 11.1 Å². The molecule has 10 heteroatoms. The van der Waals surface area contributed by atoms with Gasteiger partial charge in [-0.3, -0.25) is 19.3 Å². The van der Waals surface area contributed by atoms with Crippen LogP contribution in [0.15, 0.2) is 88.2 Å². The molecule has 0 aromatic heterocycles. The molecule has 1 N–H and O–H groups in total. The van der Waals surface area contributed by atoms with Gasteiger partial charge in [0.25, 0.3) is 11.1 Å². The van der Waals surface area contributed by atoms with Gasteiger partial charge >= 0.3 is 0 Å². The number of thioether (sulfide) groups is 1. The van der Waals surface area contributed by atoms with E-state index in [4.69, 9.17) is 9.47 Å². The number of methoxy groups -OCH3 is 1. The van der Waals surface area contributed by atoms with Crippen molar-refractivity contribution in [3.8, 4) is 11.5 Å². The van der Waals surface area contributed by atoms with E-state index in [9.17, 15) is 18.8 Å². The van der Waals surface area contributed by atoms with E-state index in [1.165, 1.54) is 31.4 Å². The fraction of sp³-hybridized carbons (Fsp3) is 0.100. The van der Waals surface area contributed by atoms with Gasteiger partial charge in [-0.2, -0.15) is 0 Å². The third-order valence-corrected chi connectivity index (χ3v) is 7.55. The maximum atomic E-state index is 13.1. The highest BCUT2D eigenvalue weighted by atomic mass is 79.9. The number of ether oxygens (including phenoxy) is 2. The normalized spacial score (nSPS) is 14.2. The molecule has 1 saturated heterocycles. The van der Waals surface area contributed by atoms with Gasteiger partial charge in [0.05, 0.1) is 16.5 Å². The monoisotopic (exact) mass is 620 g/mol. The van der Waals surface area contributed by atoms with Crippen LogP contribution in [-0.2, 0) is 16.2 Å². The topological polar surface area (TPSA) is 84.9 Å². The van der Waals surface area contributed by atoms with Crippen molar-refractivity contribution in [1.29, 1.82) is 0 Å². The Kier molecular flexibility index (Phi) is 8.18. The van der Waals surface area contributed by atoms with Crippen LogP contribution in [-0.4, -0.2) is 35.6 Å². The highest BCUT2D eigenvalue weighted by Gasteiger charge is 2.36. The van der Waals surface area contributed by atoms with E-state index in [1.807, 2.05) is 30.3 Å². The number of carbonyl (C=O) groups excluding carboxylic acids is 3. The van der Waals surface area contributed by atoms with Crippen LogP contribution in [0, 0.1) is 5.82 Å². The quantitative estimate of drug-likeness (QED) is 0.213. The van der Waals surface area contributed by atoms with Gasteiger partial charge in [-0.1, -0.05) is 36.4 Å². The molecule has 1 fully saturated rings. The van der Waals surface area contributed by atoms with E-state index in [2.05, 4.69) is 33.4 Å². The standard InChI is InChI=1S/C30H22BrFN2O5S/c1-38-25-14-19(13-24(31)28(25)39-17-18-6-7-20-4-2-3-5-21(20)12-18)15-26-29(36)34(30(37)40-26)16-27(35)33-23-10-8-22(32)9-11-23/h2-15H,16-17H2,1H3,(H,33,35)/b26-15-. The molecule has 4 aromatic rings. The van der Waals surface area contributed by atoms with Crippen molar-refractivity contribution in [2.24, 2.45) is 0 Å². The van der Waals surface area contributed by atoms with Crippen molar-refractivity contribution in [2.45, 2.75) is 6.61 Å². The molecule has 4 aromatic carbocycles. The maximum Gasteiger partial charge on any atom is 0.294 e. The average molecular weight is 621 g/mol. The SMILES string of the molecule is COc1cc(/C=C2\SC(=O)N(CC(=O)Nc3ccc(F)cc3)C2=O)cc(Br)c1OCc1ccc2ccccc2c1. The number of hydrogen-bond donors (Lipinski definition) is 1. The molecule has 0 bridgehead atoms. The Hall–Kier alpha value is -4.15. The Labute approximate surface area is 242 Å². The van der Waals surface area contributed by atoms with Gasteiger partial charge in [0.2, 0.25) is 5.91 Å². The van der Waals surface area contributed by atoms with Gasteiger partial charge in [-0.25, -0.2) is 4.39 Å². The summed E-state index contributed by atoms with van der Waals surface area (Å²) in [7, 11) is 1.52. The summed E-state index contributed by atoms with van der Waals surface area (Å²) < 4.78 is 25.3. The van der Waals surface area contributed by atoms with E-state index in [1.54, 1.807) is 18.2 Å². The van der Waals surface area contributed by atoms with Crippen LogP contribution in [0.25, 0.3) is 16.8 Å². The summed E-state index contributed by atoms with van der Waals surface area (Å²) in [5.74, 6) is -0.664. The Bertz CT molecular complexity index is 1660. The summed E-state index contributed by atoms with van der Waals surface area (Å²) in [6.45, 7) is -0.147. The molecule has 202 valence electrons. The van der Waals surface area contributed by atoms with Crippen LogP contribution in [0.3, 0.4) is 0 Å². The minimum Gasteiger partial charge on any atom is -0.493 e. The molecule has 40 heavy (non-hydrogen) atoms. The zero-order chi connectivity index (χ0) is 28.2. The number of hydrogen-bond acceptors (Lipinski definition) is 6. The highest BCUT2D eigenvalue weighted by molar-refractivity contribution is 9.10. The Morgan fingerprint density at radius 2 is 1.77 bits per heavy atom. The van der Waals surface area contributed by atoms with Gasteiger partial charge < -0.3 is 14.8 Å². The maximum absolute atomic E-state index is 13.1. The van der Waals surface area contributed by atoms with Gasteiger partial charge in [0.1, 0.15) is 19.0 Å². The first-order chi connectivity index (χ1) is 19.3. The summed E-state index contributed by atoms with van der Waals surface area (Å²) in [6.07, 6.45) is 1.56. The number of fused-ring (bicyclic) bond motifs is 1. The summed E-state index contributed by atoms with van der Waals surface area (Å²) >= 11 is 4.27. The first-order valence-electron chi connectivity index (χ1n) is 12.1. The van der Waals surface area contributed by atoms with Gasteiger partial charge in [-0.15, -0.1) is 0 Å². The molecule has 5 rings (SSSR count). The zero-order valence-corrected chi connectivity index (χ0v) is 23.6. The van der Waals surface area contributed by atoms with Gasteiger partial charge in [-0.05, 0) is 98.1 Å². The van der Waals surface area contributed by atoms with E-state index in [-0.39, 0.29) is 4.91 Å². The molecule has 0 aliphatic carbocycles. The number of nitrogens with one attached hydrogen (secondary N) is 1. The van der Waals surface area contributed by atoms with E-state index < -0.39 is 29.4 Å². The van der Waals surface area contributed by atoms with Crippen LogP contribution in [0.2, 0.25) is 0 Å². The Morgan fingerprint density at radius 3 is 2.52 bits per heavy atom. The Morgan fingerprint density at radius 1 is 1.02 bits per heavy atom. The minimum atomic E-state index is -0.587. The molecular weight excluding hydrogens is 599 g/mol. The smallest absolute Gasteiger partial charge is 0.294 e. The minimum absolute atomic E-state index is 0.165. The molecule has 0 saturated carbocycles. The molecule has 1 aliphatic rings. The van der Waals surface area contributed by atoms with Crippen molar-refractivity contribution in [1.82, 2.24) is 4.90 Å². The van der Waals surface area contributed by atoms with E-state index in [0.29, 0.717) is 33.8 Å². The lowest BCUT2D eigenvalue weighted by Crippen LogP contribution is -2.36. The summed E-state index contributed by atoms with van der Waals surface area (Å²) in [5.41, 5.74) is 1.95. The number of amides is 3. The predicted molar refractivity (Wildman–Crippen MR) is 157 cm³/mol. The number of carbonyl (C=O) groups is 3. The third kappa shape index (κ3) is 6.19. The molecule has 3 amide bonds. The second kappa shape index (κ2) is 11.9. The number of nitrogens with zero attached hydrogens (tertiary/aromatic N) is 1. The summed E-state index contributed by atoms with van der Waals surface area (Å²) in [4.78, 5) is 38.9. The van der Waals surface area contributed by atoms with Gasteiger partial charge in [0, 0.05) is 5.69 Å². The molecule has 1 heterocycles. The first kappa shape index (κ1) is 27.4. The molecule has 0 radical (unpaired) electrons. The van der Waals surface area contributed by atoms with E-state index >= 15 is 0 Å². The molecular formula is C30H22BrFN2O5S. The van der Waals surface area contributed by atoms with Crippen LogP contribution >= 0.6 is 27.7 Å². The number of halogens is 2. The molecule has 1 aliphatic heterocycles. The molecule has 0 spiro atoms. The van der Waals surface area contributed by atoms with Crippen molar-refractivity contribution in [2.75, 3.05) is 19.0 Å². The highest BCUT2D eigenvalue weighted by Crippen LogP contribution is 2.39. The lowest BCUT2D eigenvalue weighted by atomic mass is 10.1. The number of anilines is 1. The van der Waals surface area contributed by atoms with Crippen molar-refractivity contribution in [3.63, 3.8) is 0 Å². The van der Waals surface area contributed by atoms with Crippen LogP contribution in [0.5, 0.6) is 11.5 Å². The summed E-state index contributed by atoms with van der Waals surface area (Å²) in [6, 6.07) is 22.8. The number of rotatable bonds is 8. The zero-order valence-electron chi connectivity index (χ0n) is 21.1. The predicted octanol–water partition coefficient (Wildman–Crippen LogP) is 7.00. The van der Waals surface area contributed by atoms with Crippen LogP contribution in [0.4, 0.5) is 14.9 Å². The summed E-state index contributed by atoms with van der Waals surface area (Å²) in [5, 5.41) is 4.25. The average Bonchev–Trinajstić information content (AvgIpc) is 3.20. The largest absolute Gasteiger partial charge is 0.493 e. The number of benzene rings is 4. The second-order valence-corrected chi connectivity index (χ2v) is 10.7. The molecule has 0 unspecified atom stereocenters. The van der Waals surface area contributed by atoms with Crippen molar-refractivity contribution < 1.29 is 28.2 Å². The van der Waals surface area contributed by atoms with Gasteiger partial charge in [0.15, 0.2) is 11.5 Å². The first-order valence-corrected chi connectivity index (χ1v) is 13.7. The fourth-order valence-electron chi connectivity index (χ4n) is 4.11. The lowest BCUT2D eigenvalue weighted by Gasteiger charge is -2.14. The third-order valence-electron chi connectivity index (χ3n) is 6.05. The van der Waals surface area contributed by atoms with Crippen molar-refractivity contribution in [3.05, 3.63) is 105 Å². The molecule has 7 nitrogen and oxygen atoms in total.